The number of para-hydroxylation sites is 6. The molecular weight excluding hydrogens is 1150 g/mol. The van der Waals surface area contributed by atoms with Gasteiger partial charge in [0.05, 0.1) is 44.1 Å². The lowest BCUT2D eigenvalue weighted by atomic mass is 10.0. The van der Waals surface area contributed by atoms with Crippen LogP contribution in [0.2, 0.25) is 0 Å². The van der Waals surface area contributed by atoms with Crippen molar-refractivity contribution in [1.29, 1.82) is 0 Å². The van der Waals surface area contributed by atoms with E-state index in [0.717, 1.165) is 0 Å². The van der Waals surface area contributed by atoms with Crippen LogP contribution >= 0.6 is 11.3 Å². The van der Waals surface area contributed by atoms with Crippen LogP contribution in [0.15, 0.2) is 328 Å². The predicted octanol–water partition coefficient (Wildman–Crippen LogP) is 24.4. The number of aryl methyl sites for hydroxylation is 4. The summed E-state index contributed by atoms with van der Waals surface area (Å²) >= 11 is 1.88. The van der Waals surface area contributed by atoms with Crippen LogP contribution in [0.3, 0.4) is 0 Å². The highest BCUT2D eigenvalue weighted by molar-refractivity contribution is 7.25. The zero-order valence-corrected chi connectivity index (χ0v) is 53.2. The number of hydrogen-bond donors (Lipinski definition) is 0. The summed E-state index contributed by atoms with van der Waals surface area (Å²) in [7, 11) is 0. The number of rotatable bonds is 5. The smallest absolute Gasteiger partial charge is 0.0555 e. The third-order valence-electron chi connectivity index (χ3n) is 18.2. The Morgan fingerprint density at radius 1 is 0.183 bits per heavy atom. The number of nitrogens with zero attached hydrogens (tertiary/aromatic N) is 4. The minimum Gasteiger partial charge on any atom is -0.309 e. The summed E-state index contributed by atoms with van der Waals surface area (Å²) in [5.41, 5.74) is 22.6. The molecule has 0 radical (unpaired) electrons. The maximum absolute atomic E-state index is 2.40. The summed E-state index contributed by atoms with van der Waals surface area (Å²) < 4.78 is 12.1. The molecule has 19 rings (SSSR count). The molecule has 5 heteroatoms. The van der Waals surface area contributed by atoms with Crippen molar-refractivity contribution in [2.24, 2.45) is 0 Å². The Kier molecular flexibility index (Phi) is 14.7. The molecule has 93 heavy (non-hydrogen) atoms. The second kappa shape index (κ2) is 24.0. The van der Waals surface area contributed by atoms with Crippen molar-refractivity contribution in [2.75, 3.05) is 0 Å². The van der Waals surface area contributed by atoms with Gasteiger partial charge >= 0.3 is 0 Å². The molecule has 4 nitrogen and oxygen atoms in total. The molecule has 0 spiro atoms. The normalized spacial score (nSPS) is 11.4. The molecule has 0 aliphatic rings. The first-order valence-corrected chi connectivity index (χ1v) is 32.8. The Morgan fingerprint density at radius 2 is 0.538 bits per heavy atom. The van der Waals surface area contributed by atoms with Crippen molar-refractivity contribution in [3.05, 3.63) is 350 Å². The number of benzene rings is 14. The van der Waals surface area contributed by atoms with Crippen LogP contribution in [0.1, 0.15) is 22.3 Å². The molecule has 0 N–H and O–H groups in total. The molecule has 14 aromatic carbocycles. The standard InChI is InChI=1S/C25H17NS.C25H19N.2C19H15N/c1-16-10-12-17(13-11-16)26-22-8-4-2-6-18(22)20-14-21-19-7-3-5-9-24(19)27-25(21)15-23(20)26;1-18-11-14-21(15-12-18)26-24-10-6-5-9-22(24)23-17-20(13-16-25(23)26)19-7-3-2-4-8-19;1-14-7-6-8-15(13-14)20-18-11-4-2-9-16(18)17-10-3-5-12-19(17)20;1-14-10-12-15(13-11-14)20-18-8-4-2-6-16(18)17-7-3-5-9-19(17)20/h2-15H,1H3;2-17H,1H3;2*2-13H,1H3. The molecule has 0 saturated heterocycles. The highest BCUT2D eigenvalue weighted by atomic mass is 32.1. The van der Waals surface area contributed by atoms with Crippen LogP contribution in [-0.4, -0.2) is 18.3 Å². The van der Waals surface area contributed by atoms with Gasteiger partial charge in [0.15, 0.2) is 0 Å². The third kappa shape index (κ3) is 10.4. The fourth-order valence-corrected chi connectivity index (χ4v) is 14.9. The molecule has 0 unspecified atom stereocenters. The molecule has 0 atom stereocenters. The van der Waals surface area contributed by atoms with Crippen molar-refractivity contribution >= 4 is 119 Å². The molecule has 19 aromatic rings. The first-order chi connectivity index (χ1) is 45.8. The van der Waals surface area contributed by atoms with Crippen LogP contribution in [0.5, 0.6) is 0 Å². The topological polar surface area (TPSA) is 19.7 Å². The summed E-state index contributed by atoms with van der Waals surface area (Å²) in [6, 6.07) is 118. The van der Waals surface area contributed by atoms with E-state index in [1.165, 1.54) is 164 Å². The minimum absolute atomic E-state index is 1.20. The lowest BCUT2D eigenvalue weighted by molar-refractivity contribution is 1.17. The van der Waals surface area contributed by atoms with Gasteiger partial charge in [0.25, 0.3) is 0 Å². The van der Waals surface area contributed by atoms with Gasteiger partial charge in [0.2, 0.25) is 0 Å². The van der Waals surface area contributed by atoms with Crippen LogP contribution in [-0.2, 0) is 0 Å². The highest BCUT2D eigenvalue weighted by Crippen LogP contribution is 2.42. The van der Waals surface area contributed by atoms with Crippen molar-refractivity contribution < 1.29 is 0 Å². The molecular formula is C88H66N4S. The van der Waals surface area contributed by atoms with E-state index in [9.17, 15) is 0 Å². The summed E-state index contributed by atoms with van der Waals surface area (Å²) in [5.74, 6) is 0. The molecule has 0 aliphatic carbocycles. The van der Waals surface area contributed by atoms with Crippen LogP contribution < -0.4 is 0 Å². The maximum atomic E-state index is 2.40. The second-order valence-corrected chi connectivity index (χ2v) is 25.4. The van der Waals surface area contributed by atoms with Crippen LogP contribution in [0.4, 0.5) is 0 Å². The zero-order valence-electron chi connectivity index (χ0n) is 52.4. The number of aromatic nitrogens is 4. The Bertz CT molecular complexity index is 5850. The van der Waals surface area contributed by atoms with Crippen LogP contribution in [0.25, 0.3) is 141 Å². The Labute approximate surface area is 544 Å². The molecule has 0 fully saturated rings. The largest absolute Gasteiger partial charge is 0.309 e. The van der Waals surface area contributed by atoms with E-state index in [-0.39, 0.29) is 0 Å². The maximum Gasteiger partial charge on any atom is 0.0555 e. The molecule has 5 aromatic heterocycles. The average molecular weight is 1210 g/mol. The summed E-state index contributed by atoms with van der Waals surface area (Å²) in [5, 5.41) is 13.2. The first kappa shape index (κ1) is 56.7. The van der Waals surface area contributed by atoms with Gasteiger partial charge in [-0.05, 0) is 160 Å². The van der Waals surface area contributed by atoms with E-state index < -0.39 is 0 Å². The quantitative estimate of drug-likeness (QED) is 0.164. The SMILES string of the molecule is Cc1ccc(-n2c3ccccc3c3cc(-c4ccccc4)ccc32)cc1.Cc1ccc(-n2c3ccccc3c3cc4c(cc32)sc2ccccc24)cc1.Cc1ccc(-n2c3ccccc3c3ccccc32)cc1.Cc1cccc(-n2c3ccccc3c3ccccc32)c1. The first-order valence-electron chi connectivity index (χ1n) is 32.0. The molecule has 0 amide bonds. The van der Waals surface area contributed by atoms with Gasteiger partial charge in [0, 0.05) is 86.0 Å². The molecule has 0 saturated carbocycles. The molecule has 5 heterocycles. The van der Waals surface area contributed by atoms with Crippen molar-refractivity contribution in [3.8, 4) is 33.9 Å². The fraction of sp³-hybridized carbons (Fsp3) is 0.0455. The van der Waals surface area contributed by atoms with Gasteiger partial charge in [0.1, 0.15) is 0 Å². The fourth-order valence-electron chi connectivity index (χ4n) is 13.8. The van der Waals surface area contributed by atoms with Crippen molar-refractivity contribution in [3.63, 3.8) is 0 Å². The summed E-state index contributed by atoms with van der Waals surface area (Å²) in [6.07, 6.45) is 0. The van der Waals surface area contributed by atoms with Crippen molar-refractivity contribution in [2.45, 2.75) is 27.7 Å². The van der Waals surface area contributed by atoms with Gasteiger partial charge in [-0.25, -0.2) is 0 Å². The van der Waals surface area contributed by atoms with Gasteiger partial charge in [-0.15, -0.1) is 11.3 Å². The third-order valence-corrected chi connectivity index (χ3v) is 19.4. The molecule has 0 aliphatic heterocycles. The lowest BCUT2D eigenvalue weighted by Gasteiger charge is -2.08. The predicted molar refractivity (Wildman–Crippen MR) is 400 cm³/mol. The van der Waals surface area contributed by atoms with Gasteiger partial charge in [-0.2, -0.15) is 0 Å². The average Bonchev–Trinajstić information content (AvgIpc) is 1.61. The Hall–Kier alpha value is -11.5. The number of thiophene rings is 1. The summed E-state index contributed by atoms with van der Waals surface area (Å²) in [4.78, 5) is 0. The Morgan fingerprint density at radius 3 is 0.978 bits per heavy atom. The van der Waals surface area contributed by atoms with E-state index in [0.29, 0.717) is 0 Å². The number of hydrogen-bond acceptors (Lipinski definition) is 1. The van der Waals surface area contributed by atoms with E-state index in [2.05, 4.69) is 374 Å². The van der Waals surface area contributed by atoms with Gasteiger partial charge in [-0.3, -0.25) is 0 Å². The second-order valence-electron chi connectivity index (χ2n) is 24.4. The summed E-state index contributed by atoms with van der Waals surface area (Å²) in [6.45, 7) is 8.52. The lowest BCUT2D eigenvalue weighted by Crippen LogP contribution is -1.93. The monoisotopic (exact) mass is 1210 g/mol. The highest BCUT2D eigenvalue weighted by Gasteiger charge is 2.18. The zero-order chi connectivity index (χ0) is 62.5. The van der Waals surface area contributed by atoms with Crippen LogP contribution in [0, 0.1) is 27.7 Å². The van der Waals surface area contributed by atoms with E-state index in [1.807, 2.05) is 11.3 Å². The Balaban J connectivity index is 0.0000000993. The van der Waals surface area contributed by atoms with E-state index >= 15 is 0 Å². The van der Waals surface area contributed by atoms with E-state index in [4.69, 9.17) is 0 Å². The minimum atomic E-state index is 1.20. The molecule has 0 bridgehead atoms. The van der Waals surface area contributed by atoms with E-state index in [1.54, 1.807) is 0 Å². The van der Waals surface area contributed by atoms with Crippen molar-refractivity contribution in [1.82, 2.24) is 18.3 Å². The van der Waals surface area contributed by atoms with Gasteiger partial charge < -0.3 is 18.3 Å². The van der Waals surface area contributed by atoms with Gasteiger partial charge in [-0.1, -0.05) is 229 Å². The molecule has 444 valence electrons. The number of fused-ring (bicyclic) bond motifs is 15.